The van der Waals surface area contributed by atoms with Gasteiger partial charge in [0.2, 0.25) is 11.8 Å². The van der Waals surface area contributed by atoms with E-state index in [0.29, 0.717) is 33.1 Å². The van der Waals surface area contributed by atoms with E-state index in [0.717, 1.165) is 16.6 Å². The molecule has 10 heteroatoms. The van der Waals surface area contributed by atoms with E-state index in [1.165, 1.54) is 24.2 Å². The number of carbonyl (C=O) groups excluding carboxylic acids is 3. The van der Waals surface area contributed by atoms with Crippen LogP contribution < -0.4 is 15.0 Å². The maximum Gasteiger partial charge on any atom is 0.337 e. The largest absolute Gasteiger partial charge is 0.487 e. The van der Waals surface area contributed by atoms with Crippen molar-refractivity contribution in [3.63, 3.8) is 0 Å². The molecule has 3 aromatic carbocycles. The molecule has 1 aromatic heterocycles. The fourth-order valence-corrected chi connectivity index (χ4v) is 4.60. The number of pyridine rings is 1. The molecular formula is C31H27Cl2N3O5. The molecule has 1 heterocycles. The van der Waals surface area contributed by atoms with Gasteiger partial charge in [0.1, 0.15) is 17.9 Å². The average Bonchev–Trinajstić information content (AvgIpc) is 2.98. The lowest BCUT2D eigenvalue weighted by atomic mass is 10.1. The predicted molar refractivity (Wildman–Crippen MR) is 161 cm³/mol. The van der Waals surface area contributed by atoms with Crippen LogP contribution in [0.2, 0.25) is 10.0 Å². The van der Waals surface area contributed by atoms with Crippen LogP contribution in [0.25, 0.3) is 17.0 Å². The van der Waals surface area contributed by atoms with Gasteiger partial charge in [-0.2, -0.15) is 0 Å². The molecule has 0 fully saturated rings. The molecule has 0 aliphatic carbocycles. The van der Waals surface area contributed by atoms with Crippen LogP contribution in [0.5, 0.6) is 5.75 Å². The Labute approximate surface area is 247 Å². The zero-order valence-corrected chi connectivity index (χ0v) is 24.1. The van der Waals surface area contributed by atoms with Crippen molar-refractivity contribution in [1.29, 1.82) is 0 Å². The maximum absolute atomic E-state index is 12.9. The minimum Gasteiger partial charge on any atom is -0.487 e. The summed E-state index contributed by atoms with van der Waals surface area (Å²) in [6.07, 6.45) is 2.81. The van der Waals surface area contributed by atoms with Crippen LogP contribution in [0, 0.1) is 6.92 Å². The zero-order valence-electron chi connectivity index (χ0n) is 22.6. The van der Waals surface area contributed by atoms with Gasteiger partial charge in [0.15, 0.2) is 0 Å². The first-order valence-corrected chi connectivity index (χ1v) is 13.3. The van der Waals surface area contributed by atoms with E-state index in [4.69, 9.17) is 32.7 Å². The monoisotopic (exact) mass is 591 g/mol. The Bertz CT molecular complexity index is 1650. The fraction of sp³-hybridized carbons (Fsp3) is 0.161. The zero-order chi connectivity index (χ0) is 29.5. The molecule has 0 unspecified atom stereocenters. The lowest BCUT2D eigenvalue weighted by Crippen LogP contribution is -2.37. The van der Waals surface area contributed by atoms with Gasteiger partial charge in [0, 0.05) is 34.8 Å². The molecule has 0 bridgehead atoms. The number of amides is 2. The first-order valence-electron chi connectivity index (χ1n) is 12.5. The van der Waals surface area contributed by atoms with Crippen molar-refractivity contribution in [2.75, 3.05) is 25.6 Å². The molecule has 0 saturated carbocycles. The van der Waals surface area contributed by atoms with E-state index in [9.17, 15) is 14.4 Å². The highest BCUT2D eigenvalue weighted by Gasteiger charge is 2.19. The second kappa shape index (κ2) is 13.3. The fourth-order valence-electron chi connectivity index (χ4n) is 3.99. The second-order valence-corrected chi connectivity index (χ2v) is 9.83. The molecule has 0 aliphatic heterocycles. The SMILES string of the molecule is COC(=O)c1cccc(C=CC(=O)NCC(=O)N(C)c2ccc(Cl)c(COc3cccc4ccc(C)nc34)c2Cl)c1. The number of methoxy groups -OCH3 is 1. The minimum absolute atomic E-state index is 0.0565. The van der Waals surface area contributed by atoms with Crippen molar-refractivity contribution in [3.8, 4) is 5.75 Å². The second-order valence-electron chi connectivity index (χ2n) is 9.05. The molecule has 4 aromatic rings. The van der Waals surface area contributed by atoms with Crippen LogP contribution in [-0.2, 0) is 20.9 Å². The molecule has 8 nitrogen and oxygen atoms in total. The van der Waals surface area contributed by atoms with Crippen LogP contribution in [0.15, 0.2) is 72.8 Å². The van der Waals surface area contributed by atoms with Crippen molar-refractivity contribution in [3.05, 3.63) is 105 Å². The Kier molecular flexibility index (Phi) is 9.60. The van der Waals surface area contributed by atoms with Gasteiger partial charge in [-0.1, -0.05) is 53.5 Å². The summed E-state index contributed by atoms with van der Waals surface area (Å²) in [4.78, 5) is 42.8. The third-order valence-corrected chi connectivity index (χ3v) is 7.02. The number of para-hydroxylation sites is 1. The Hall–Kier alpha value is -4.40. The van der Waals surface area contributed by atoms with Crippen molar-refractivity contribution in [2.24, 2.45) is 0 Å². The van der Waals surface area contributed by atoms with Crippen LogP contribution in [0.3, 0.4) is 0 Å². The normalized spacial score (nSPS) is 11.0. The first kappa shape index (κ1) is 29.6. The van der Waals surface area contributed by atoms with Gasteiger partial charge >= 0.3 is 5.97 Å². The van der Waals surface area contributed by atoms with E-state index in [1.807, 2.05) is 37.3 Å². The molecule has 210 valence electrons. The third kappa shape index (κ3) is 7.22. The van der Waals surface area contributed by atoms with Crippen LogP contribution in [0.1, 0.15) is 27.2 Å². The number of aryl methyl sites for hydroxylation is 1. The third-order valence-electron chi connectivity index (χ3n) is 6.24. The number of halogens is 2. The van der Waals surface area contributed by atoms with Gasteiger partial charge in [-0.05, 0) is 55.0 Å². The van der Waals surface area contributed by atoms with Crippen LogP contribution in [-0.4, -0.2) is 43.5 Å². The standard InChI is InChI=1S/C31H27Cl2N3O5/c1-19-10-12-21-7-5-9-26(30(21)35-19)41-18-23-24(32)13-14-25(29(23)33)36(2)28(38)17-34-27(37)15-11-20-6-4-8-22(16-20)31(39)40-3/h4-16H,17-18H2,1-3H3,(H,34,37). The minimum atomic E-state index is -0.481. The summed E-state index contributed by atoms with van der Waals surface area (Å²) >= 11 is 13.1. The van der Waals surface area contributed by atoms with Crippen molar-refractivity contribution in [2.45, 2.75) is 13.5 Å². The number of ether oxygens (including phenoxy) is 2. The van der Waals surface area contributed by atoms with Crippen molar-refractivity contribution in [1.82, 2.24) is 10.3 Å². The summed E-state index contributed by atoms with van der Waals surface area (Å²) in [5.74, 6) is -0.773. The lowest BCUT2D eigenvalue weighted by Gasteiger charge is -2.21. The molecule has 0 spiro atoms. The Morgan fingerprint density at radius 3 is 2.59 bits per heavy atom. The molecule has 0 aliphatic rings. The number of aromatic nitrogens is 1. The van der Waals surface area contributed by atoms with Gasteiger partial charge in [0.25, 0.3) is 0 Å². The summed E-state index contributed by atoms with van der Waals surface area (Å²) in [6, 6.07) is 19.4. The smallest absolute Gasteiger partial charge is 0.337 e. The quantitative estimate of drug-likeness (QED) is 0.189. The van der Waals surface area contributed by atoms with Crippen LogP contribution >= 0.6 is 23.2 Å². The average molecular weight is 592 g/mol. The first-order chi connectivity index (χ1) is 19.7. The summed E-state index contributed by atoms with van der Waals surface area (Å²) in [5, 5.41) is 4.14. The Morgan fingerprint density at radius 2 is 1.80 bits per heavy atom. The van der Waals surface area contributed by atoms with E-state index >= 15 is 0 Å². The number of nitrogens with one attached hydrogen (secondary N) is 1. The van der Waals surface area contributed by atoms with Crippen molar-refractivity contribution >= 4 is 63.7 Å². The van der Waals surface area contributed by atoms with Gasteiger partial charge in [-0.25, -0.2) is 9.78 Å². The van der Waals surface area contributed by atoms with E-state index in [1.54, 1.807) is 43.4 Å². The molecule has 41 heavy (non-hydrogen) atoms. The lowest BCUT2D eigenvalue weighted by molar-refractivity contribution is -0.122. The molecule has 2 amide bonds. The highest BCUT2D eigenvalue weighted by atomic mass is 35.5. The maximum atomic E-state index is 12.9. The number of fused-ring (bicyclic) bond motifs is 1. The Morgan fingerprint density at radius 1 is 1.02 bits per heavy atom. The highest BCUT2D eigenvalue weighted by Crippen LogP contribution is 2.35. The van der Waals surface area contributed by atoms with Gasteiger partial charge in [-0.15, -0.1) is 0 Å². The summed E-state index contributed by atoms with van der Waals surface area (Å²) in [7, 11) is 2.85. The number of benzene rings is 3. The number of esters is 1. The number of carbonyl (C=O) groups is 3. The van der Waals surface area contributed by atoms with Gasteiger partial charge < -0.3 is 19.7 Å². The summed E-state index contributed by atoms with van der Waals surface area (Å²) in [5.41, 5.74) is 3.50. The Balaban J connectivity index is 1.40. The molecule has 4 rings (SSSR count). The summed E-state index contributed by atoms with van der Waals surface area (Å²) in [6.45, 7) is 1.69. The van der Waals surface area contributed by atoms with Gasteiger partial charge in [-0.3, -0.25) is 9.59 Å². The number of anilines is 1. The number of hydrogen-bond donors (Lipinski definition) is 1. The number of hydrogen-bond acceptors (Lipinski definition) is 6. The molecular weight excluding hydrogens is 565 g/mol. The molecule has 0 saturated heterocycles. The molecule has 0 atom stereocenters. The number of nitrogens with zero attached hydrogens (tertiary/aromatic N) is 2. The predicted octanol–water partition coefficient (Wildman–Crippen LogP) is 6.01. The molecule has 0 radical (unpaired) electrons. The van der Waals surface area contributed by atoms with E-state index in [-0.39, 0.29) is 18.2 Å². The molecule has 1 N–H and O–H groups in total. The summed E-state index contributed by atoms with van der Waals surface area (Å²) < 4.78 is 10.8. The van der Waals surface area contributed by atoms with Crippen LogP contribution in [0.4, 0.5) is 5.69 Å². The van der Waals surface area contributed by atoms with Crippen molar-refractivity contribution < 1.29 is 23.9 Å². The van der Waals surface area contributed by atoms with Gasteiger partial charge in [0.05, 0.1) is 29.9 Å². The topological polar surface area (TPSA) is 97.8 Å². The number of likely N-dealkylation sites (N-methyl/N-ethyl adjacent to an activating group) is 1. The highest BCUT2D eigenvalue weighted by molar-refractivity contribution is 6.38. The van der Waals surface area contributed by atoms with E-state index < -0.39 is 17.8 Å². The van der Waals surface area contributed by atoms with E-state index in [2.05, 4.69) is 10.3 Å². The number of rotatable bonds is 9.